The Labute approximate surface area is 234 Å². The number of carbonyl (C=O) groups excluding carboxylic acids is 4. The average Bonchev–Trinajstić information content (AvgIpc) is 2.91. The standard InChI is InChI=1S/C30H26BrClO6/c1-3-22(27(34)19-8-6-5-7-9-19)26-23-16-20(31)12-15-25(23)38-29(36)30(26,28(35)37-4-2)17-24(33)18-10-13-21(32)14-11-18/h5-16,22,26H,3-4,17H2,1-2H3/t22-,26+,30+/m0/s1. The quantitative estimate of drug-likeness (QED) is 0.116. The molecule has 0 spiro atoms. The number of fused-ring (bicyclic) bond motifs is 1. The van der Waals surface area contributed by atoms with Crippen LogP contribution in [-0.4, -0.2) is 30.1 Å². The van der Waals surface area contributed by atoms with Crippen LogP contribution in [-0.2, 0) is 14.3 Å². The minimum atomic E-state index is -2.09. The van der Waals surface area contributed by atoms with Crippen molar-refractivity contribution in [3.05, 3.63) is 99.0 Å². The normalized spacial score (nSPS) is 19.2. The molecular weight excluding hydrogens is 572 g/mol. The zero-order valence-electron chi connectivity index (χ0n) is 20.9. The number of ketones is 2. The number of ether oxygens (including phenoxy) is 2. The molecule has 0 N–H and O–H groups in total. The lowest BCUT2D eigenvalue weighted by molar-refractivity contribution is -0.171. The molecule has 3 aromatic carbocycles. The molecule has 0 fully saturated rings. The molecule has 1 aliphatic rings. The molecule has 3 atom stereocenters. The highest BCUT2D eigenvalue weighted by atomic mass is 79.9. The number of esters is 2. The summed E-state index contributed by atoms with van der Waals surface area (Å²) in [6.45, 7) is 3.41. The van der Waals surface area contributed by atoms with Crippen molar-refractivity contribution in [2.75, 3.05) is 6.61 Å². The van der Waals surface area contributed by atoms with Crippen LogP contribution in [0.1, 0.15) is 58.9 Å². The maximum absolute atomic E-state index is 13.9. The second kappa shape index (κ2) is 11.6. The zero-order valence-corrected chi connectivity index (χ0v) is 23.3. The fourth-order valence-electron chi connectivity index (χ4n) is 5.10. The van der Waals surface area contributed by atoms with Gasteiger partial charge in [0.25, 0.3) is 0 Å². The van der Waals surface area contributed by atoms with E-state index >= 15 is 0 Å². The van der Waals surface area contributed by atoms with E-state index in [9.17, 15) is 19.2 Å². The molecule has 1 aliphatic heterocycles. The largest absolute Gasteiger partial charge is 0.465 e. The highest BCUT2D eigenvalue weighted by Crippen LogP contribution is 2.54. The van der Waals surface area contributed by atoms with Gasteiger partial charge in [0.15, 0.2) is 17.0 Å². The number of benzene rings is 3. The van der Waals surface area contributed by atoms with E-state index in [1.165, 1.54) is 12.1 Å². The molecular formula is C30H26BrClO6. The van der Waals surface area contributed by atoms with Gasteiger partial charge in [-0.15, -0.1) is 0 Å². The highest BCUT2D eigenvalue weighted by Gasteiger charge is 2.62. The topological polar surface area (TPSA) is 86.7 Å². The molecule has 0 radical (unpaired) electrons. The molecule has 0 saturated heterocycles. The average molecular weight is 598 g/mol. The summed E-state index contributed by atoms with van der Waals surface area (Å²) in [4.78, 5) is 55.2. The third kappa shape index (κ3) is 5.18. The summed E-state index contributed by atoms with van der Waals surface area (Å²) in [5, 5.41) is 0.440. The van der Waals surface area contributed by atoms with Gasteiger partial charge >= 0.3 is 11.9 Å². The van der Waals surface area contributed by atoms with Crippen LogP contribution in [0.25, 0.3) is 0 Å². The first-order valence-corrected chi connectivity index (χ1v) is 13.5. The second-order valence-electron chi connectivity index (χ2n) is 9.09. The van der Waals surface area contributed by atoms with E-state index in [4.69, 9.17) is 21.1 Å². The van der Waals surface area contributed by atoms with Gasteiger partial charge in [0, 0.05) is 44.4 Å². The van der Waals surface area contributed by atoms with Gasteiger partial charge in [0.2, 0.25) is 0 Å². The highest BCUT2D eigenvalue weighted by molar-refractivity contribution is 9.10. The van der Waals surface area contributed by atoms with E-state index in [1.54, 1.807) is 67.6 Å². The van der Waals surface area contributed by atoms with E-state index in [-0.39, 0.29) is 23.7 Å². The first-order valence-electron chi connectivity index (χ1n) is 12.3. The SMILES string of the molecule is CCOC(=O)[C@]1(CC(=O)c2ccc(Cl)cc2)C(=O)Oc2ccc(Br)cc2[C@H]1[C@H](CC)C(=O)c1ccccc1. The second-order valence-corrected chi connectivity index (χ2v) is 10.4. The molecule has 0 saturated carbocycles. The molecule has 196 valence electrons. The number of hydrogen-bond acceptors (Lipinski definition) is 6. The fraction of sp³-hybridized carbons (Fsp3) is 0.267. The van der Waals surface area contributed by atoms with E-state index in [2.05, 4.69) is 15.9 Å². The van der Waals surface area contributed by atoms with E-state index in [0.29, 0.717) is 27.0 Å². The summed E-state index contributed by atoms with van der Waals surface area (Å²) in [5.41, 5.74) is -0.901. The smallest absolute Gasteiger partial charge is 0.330 e. The van der Waals surface area contributed by atoms with Crippen LogP contribution in [0.5, 0.6) is 5.75 Å². The van der Waals surface area contributed by atoms with Gasteiger partial charge in [0.1, 0.15) is 5.75 Å². The summed E-state index contributed by atoms with van der Waals surface area (Å²) in [6.07, 6.45) is -0.241. The molecule has 4 rings (SSSR count). The Morgan fingerprint density at radius 3 is 2.32 bits per heavy atom. The summed E-state index contributed by atoms with van der Waals surface area (Å²) in [7, 11) is 0. The number of Topliss-reactive ketones (excluding diaryl/α,β-unsaturated/α-hetero) is 2. The molecule has 3 aromatic rings. The lowest BCUT2D eigenvalue weighted by Crippen LogP contribution is -2.54. The summed E-state index contributed by atoms with van der Waals surface area (Å²) in [5.74, 6) is -4.16. The summed E-state index contributed by atoms with van der Waals surface area (Å²) < 4.78 is 11.8. The predicted octanol–water partition coefficient (Wildman–Crippen LogP) is 6.84. The van der Waals surface area contributed by atoms with Crippen LogP contribution in [0.15, 0.2) is 77.3 Å². The third-order valence-electron chi connectivity index (χ3n) is 6.89. The van der Waals surface area contributed by atoms with Gasteiger partial charge < -0.3 is 9.47 Å². The number of carbonyl (C=O) groups is 4. The van der Waals surface area contributed by atoms with Crippen LogP contribution in [0.2, 0.25) is 5.02 Å². The van der Waals surface area contributed by atoms with Crippen molar-refractivity contribution in [1.82, 2.24) is 0 Å². The minimum Gasteiger partial charge on any atom is -0.465 e. The van der Waals surface area contributed by atoms with E-state index in [1.807, 2.05) is 6.92 Å². The first-order chi connectivity index (χ1) is 18.2. The Kier molecular flexibility index (Phi) is 8.48. The van der Waals surface area contributed by atoms with E-state index < -0.39 is 41.4 Å². The predicted molar refractivity (Wildman–Crippen MR) is 147 cm³/mol. The van der Waals surface area contributed by atoms with Gasteiger partial charge in [-0.05, 0) is 55.8 Å². The van der Waals surface area contributed by atoms with Gasteiger partial charge in [-0.25, -0.2) is 0 Å². The Hall–Kier alpha value is -3.29. The van der Waals surface area contributed by atoms with Gasteiger partial charge in [-0.3, -0.25) is 19.2 Å². The Balaban J connectivity index is 1.95. The molecule has 0 bridgehead atoms. The van der Waals surface area contributed by atoms with Crippen molar-refractivity contribution in [1.29, 1.82) is 0 Å². The van der Waals surface area contributed by atoms with Crippen LogP contribution in [0.4, 0.5) is 0 Å². The molecule has 0 aromatic heterocycles. The minimum absolute atomic E-state index is 0.0233. The maximum Gasteiger partial charge on any atom is 0.330 e. The lowest BCUT2D eigenvalue weighted by Gasteiger charge is -2.43. The summed E-state index contributed by atoms with van der Waals surface area (Å²) in [6, 6.07) is 19.9. The molecule has 0 aliphatic carbocycles. The Morgan fingerprint density at radius 1 is 1.00 bits per heavy atom. The van der Waals surface area contributed by atoms with Crippen molar-refractivity contribution in [2.24, 2.45) is 11.3 Å². The van der Waals surface area contributed by atoms with Crippen molar-refractivity contribution in [2.45, 2.75) is 32.6 Å². The summed E-state index contributed by atoms with van der Waals surface area (Å²) >= 11 is 9.46. The fourth-order valence-corrected chi connectivity index (χ4v) is 5.61. The first kappa shape index (κ1) is 27.7. The maximum atomic E-state index is 13.9. The van der Waals surface area contributed by atoms with Crippen LogP contribution < -0.4 is 4.74 Å². The Morgan fingerprint density at radius 2 is 1.68 bits per heavy atom. The molecule has 8 heteroatoms. The number of halogens is 2. The lowest BCUT2D eigenvalue weighted by atomic mass is 9.60. The monoisotopic (exact) mass is 596 g/mol. The van der Waals surface area contributed by atoms with E-state index in [0.717, 1.165) is 0 Å². The zero-order chi connectivity index (χ0) is 27.4. The van der Waals surface area contributed by atoms with Crippen LogP contribution in [0.3, 0.4) is 0 Å². The number of rotatable bonds is 9. The van der Waals surface area contributed by atoms with Gasteiger partial charge in [-0.2, -0.15) is 0 Å². The van der Waals surface area contributed by atoms with Crippen molar-refractivity contribution in [3.8, 4) is 5.75 Å². The Bertz CT molecular complexity index is 1370. The third-order valence-corrected chi connectivity index (χ3v) is 7.63. The molecule has 6 nitrogen and oxygen atoms in total. The van der Waals surface area contributed by atoms with Gasteiger partial charge in [0.05, 0.1) is 6.61 Å². The van der Waals surface area contributed by atoms with Crippen LogP contribution >= 0.6 is 27.5 Å². The molecule has 38 heavy (non-hydrogen) atoms. The van der Waals surface area contributed by atoms with Crippen molar-refractivity contribution >= 4 is 51.0 Å². The van der Waals surface area contributed by atoms with Crippen molar-refractivity contribution in [3.63, 3.8) is 0 Å². The van der Waals surface area contributed by atoms with Crippen LogP contribution in [0, 0.1) is 11.3 Å². The molecule has 0 amide bonds. The molecule has 1 heterocycles. The molecule has 0 unspecified atom stereocenters. The van der Waals surface area contributed by atoms with Crippen molar-refractivity contribution < 1.29 is 28.7 Å². The number of hydrogen-bond donors (Lipinski definition) is 0. The van der Waals surface area contributed by atoms with Gasteiger partial charge in [-0.1, -0.05) is 64.8 Å².